The lowest BCUT2D eigenvalue weighted by molar-refractivity contribution is 0.415. The quantitative estimate of drug-likeness (QED) is 0.473. The molecule has 3 aromatic carbocycles. The van der Waals surface area contributed by atoms with Crippen molar-refractivity contribution in [1.82, 2.24) is 9.55 Å². The van der Waals surface area contributed by atoms with Gasteiger partial charge in [-0.25, -0.2) is 9.37 Å². The van der Waals surface area contributed by atoms with E-state index in [1.54, 1.807) is 19.2 Å². The highest BCUT2D eigenvalue weighted by Crippen LogP contribution is 2.30. The van der Waals surface area contributed by atoms with Gasteiger partial charge in [0, 0.05) is 16.1 Å². The van der Waals surface area contributed by atoms with Crippen LogP contribution in [0.5, 0.6) is 5.75 Å². The molecule has 0 bridgehead atoms. The lowest BCUT2D eigenvalue weighted by Crippen LogP contribution is -2.05. The molecule has 0 amide bonds. The van der Waals surface area contributed by atoms with Crippen molar-refractivity contribution in [2.24, 2.45) is 0 Å². The van der Waals surface area contributed by atoms with E-state index in [9.17, 15) is 4.39 Å². The lowest BCUT2D eigenvalue weighted by Gasteiger charge is -2.12. The molecule has 0 saturated carbocycles. The number of fused-ring (bicyclic) bond motifs is 1. The van der Waals surface area contributed by atoms with E-state index >= 15 is 0 Å². The van der Waals surface area contributed by atoms with Crippen LogP contribution in [0.25, 0.3) is 22.4 Å². The summed E-state index contributed by atoms with van der Waals surface area (Å²) in [6, 6.07) is 20.2. The van der Waals surface area contributed by atoms with Crippen LogP contribution in [0.2, 0.25) is 5.02 Å². The minimum atomic E-state index is -0.327. The first-order valence-corrected chi connectivity index (χ1v) is 8.58. The van der Waals surface area contributed by atoms with Gasteiger partial charge in [0.05, 0.1) is 24.7 Å². The maximum absolute atomic E-state index is 14.4. The van der Waals surface area contributed by atoms with Gasteiger partial charge in [0.15, 0.2) is 0 Å². The summed E-state index contributed by atoms with van der Waals surface area (Å²) in [6.45, 7) is 0.290. The molecule has 5 heteroatoms. The van der Waals surface area contributed by atoms with Crippen LogP contribution < -0.4 is 4.74 Å². The Bertz CT molecular complexity index is 1070. The average Bonchev–Trinajstić information content (AvgIpc) is 3.03. The second-order valence-corrected chi connectivity index (χ2v) is 6.35. The number of rotatable bonds is 4. The zero-order valence-corrected chi connectivity index (χ0v) is 14.9. The Balaban J connectivity index is 1.92. The zero-order valence-electron chi connectivity index (χ0n) is 14.1. The van der Waals surface area contributed by atoms with E-state index in [4.69, 9.17) is 21.3 Å². The maximum atomic E-state index is 14.4. The Hall–Kier alpha value is -2.85. The number of para-hydroxylation sites is 2. The van der Waals surface area contributed by atoms with Crippen LogP contribution >= 0.6 is 11.6 Å². The molecule has 3 nitrogen and oxygen atoms in total. The van der Waals surface area contributed by atoms with Gasteiger partial charge in [-0.1, -0.05) is 41.9 Å². The maximum Gasteiger partial charge on any atom is 0.141 e. The van der Waals surface area contributed by atoms with Gasteiger partial charge in [0.2, 0.25) is 0 Å². The van der Waals surface area contributed by atoms with Gasteiger partial charge >= 0.3 is 0 Å². The summed E-state index contributed by atoms with van der Waals surface area (Å²) in [4.78, 5) is 4.76. The number of hydrogen-bond donors (Lipinski definition) is 0. The Morgan fingerprint density at radius 2 is 1.85 bits per heavy atom. The second-order valence-electron chi connectivity index (χ2n) is 5.94. The summed E-state index contributed by atoms with van der Waals surface area (Å²) >= 11 is 6.25. The molecule has 1 aromatic heterocycles. The third kappa shape index (κ3) is 2.93. The molecule has 0 aliphatic carbocycles. The first-order valence-electron chi connectivity index (χ1n) is 8.20. The van der Waals surface area contributed by atoms with Gasteiger partial charge in [-0.2, -0.15) is 0 Å². The Kier molecular flexibility index (Phi) is 4.35. The van der Waals surface area contributed by atoms with Crippen molar-refractivity contribution in [3.8, 4) is 17.1 Å². The SMILES string of the molecule is COc1cccc(-c2nc3ccccc3n2Cc2c(F)cccc2Cl)c1. The van der Waals surface area contributed by atoms with E-state index in [-0.39, 0.29) is 5.82 Å². The molecule has 0 N–H and O–H groups in total. The van der Waals surface area contributed by atoms with Crippen LogP contribution in [0.15, 0.2) is 66.7 Å². The van der Waals surface area contributed by atoms with E-state index in [2.05, 4.69) is 0 Å². The van der Waals surface area contributed by atoms with Crippen LogP contribution in [0.4, 0.5) is 4.39 Å². The van der Waals surface area contributed by atoms with Gasteiger partial charge in [0.1, 0.15) is 17.4 Å². The average molecular weight is 367 g/mol. The van der Waals surface area contributed by atoms with Crippen molar-refractivity contribution in [2.45, 2.75) is 6.54 Å². The summed E-state index contributed by atoms with van der Waals surface area (Å²) in [5.41, 5.74) is 3.11. The van der Waals surface area contributed by atoms with E-state index in [0.29, 0.717) is 17.1 Å². The zero-order chi connectivity index (χ0) is 18.1. The highest BCUT2D eigenvalue weighted by Gasteiger charge is 2.16. The summed E-state index contributed by atoms with van der Waals surface area (Å²) < 4.78 is 21.7. The summed E-state index contributed by atoms with van der Waals surface area (Å²) in [5.74, 6) is 1.15. The van der Waals surface area contributed by atoms with Crippen LogP contribution in [0.3, 0.4) is 0 Å². The number of hydrogen-bond acceptors (Lipinski definition) is 2. The van der Waals surface area contributed by atoms with E-state index < -0.39 is 0 Å². The fourth-order valence-electron chi connectivity index (χ4n) is 3.06. The van der Waals surface area contributed by atoms with E-state index in [0.717, 1.165) is 28.2 Å². The Labute approximate surface area is 155 Å². The van der Waals surface area contributed by atoms with Gasteiger partial charge < -0.3 is 9.30 Å². The summed E-state index contributed by atoms with van der Waals surface area (Å²) in [6.07, 6.45) is 0. The van der Waals surface area contributed by atoms with Crippen LogP contribution in [-0.4, -0.2) is 16.7 Å². The highest BCUT2D eigenvalue weighted by atomic mass is 35.5. The summed E-state index contributed by atoms with van der Waals surface area (Å²) in [7, 11) is 1.63. The predicted molar refractivity (Wildman–Crippen MR) is 102 cm³/mol. The third-order valence-corrected chi connectivity index (χ3v) is 4.71. The van der Waals surface area contributed by atoms with Crippen molar-refractivity contribution < 1.29 is 9.13 Å². The molecule has 0 aliphatic heterocycles. The first kappa shape index (κ1) is 16.6. The Morgan fingerprint density at radius 1 is 1.04 bits per heavy atom. The molecule has 1 heterocycles. The number of ether oxygens (including phenoxy) is 1. The predicted octanol–water partition coefficient (Wildman–Crippen LogP) is 5.55. The van der Waals surface area contributed by atoms with Gasteiger partial charge in [-0.05, 0) is 36.4 Å². The minimum absolute atomic E-state index is 0.290. The topological polar surface area (TPSA) is 27.1 Å². The highest BCUT2D eigenvalue weighted by molar-refractivity contribution is 6.31. The summed E-state index contributed by atoms with van der Waals surface area (Å²) in [5, 5.41) is 0.402. The molecule has 0 unspecified atom stereocenters. The van der Waals surface area contributed by atoms with Crippen molar-refractivity contribution in [1.29, 1.82) is 0 Å². The number of aromatic nitrogens is 2. The molecule has 0 spiro atoms. The fraction of sp³-hybridized carbons (Fsp3) is 0.0952. The normalized spacial score (nSPS) is 11.0. The molecule has 0 atom stereocenters. The van der Waals surface area contributed by atoms with Crippen LogP contribution in [-0.2, 0) is 6.54 Å². The lowest BCUT2D eigenvalue weighted by atomic mass is 10.1. The minimum Gasteiger partial charge on any atom is -0.497 e. The number of halogens is 2. The number of benzene rings is 3. The molecule has 26 heavy (non-hydrogen) atoms. The molecule has 0 aliphatic rings. The largest absolute Gasteiger partial charge is 0.497 e. The van der Waals surface area contributed by atoms with Crippen molar-refractivity contribution in [3.05, 3.63) is 83.1 Å². The van der Waals surface area contributed by atoms with Gasteiger partial charge in [-0.15, -0.1) is 0 Å². The molecule has 130 valence electrons. The third-order valence-electron chi connectivity index (χ3n) is 4.36. The molecule has 4 rings (SSSR count). The van der Waals surface area contributed by atoms with Gasteiger partial charge in [-0.3, -0.25) is 0 Å². The first-order chi connectivity index (χ1) is 12.7. The second kappa shape index (κ2) is 6.81. The van der Waals surface area contributed by atoms with E-state index in [1.165, 1.54) is 6.07 Å². The molecule has 4 aromatic rings. The molecular weight excluding hydrogens is 351 g/mol. The van der Waals surface area contributed by atoms with Crippen LogP contribution in [0.1, 0.15) is 5.56 Å². The van der Waals surface area contributed by atoms with Crippen molar-refractivity contribution in [2.75, 3.05) is 7.11 Å². The van der Waals surface area contributed by atoms with Crippen LogP contribution in [0, 0.1) is 5.82 Å². The standard InChI is InChI=1S/C21H16ClFN2O/c1-26-15-7-4-6-14(12-15)21-24-19-10-2-3-11-20(19)25(21)13-16-17(22)8-5-9-18(16)23/h2-12H,13H2,1H3. The van der Waals surface area contributed by atoms with Crippen molar-refractivity contribution >= 4 is 22.6 Å². The molecule has 0 saturated heterocycles. The molecule has 0 fully saturated rings. The number of methoxy groups -OCH3 is 1. The van der Waals surface area contributed by atoms with Gasteiger partial charge in [0.25, 0.3) is 0 Å². The van der Waals surface area contributed by atoms with Crippen molar-refractivity contribution in [3.63, 3.8) is 0 Å². The fourth-order valence-corrected chi connectivity index (χ4v) is 3.28. The Morgan fingerprint density at radius 3 is 2.65 bits per heavy atom. The monoisotopic (exact) mass is 366 g/mol. The van der Waals surface area contributed by atoms with E-state index in [1.807, 2.05) is 53.1 Å². The molecule has 0 radical (unpaired) electrons. The molecular formula is C21H16ClFN2O. The number of nitrogens with zero attached hydrogens (tertiary/aromatic N) is 2. The smallest absolute Gasteiger partial charge is 0.141 e. The number of imidazole rings is 1.